The van der Waals surface area contributed by atoms with Gasteiger partial charge in [0.25, 0.3) is 0 Å². The summed E-state index contributed by atoms with van der Waals surface area (Å²) in [5.41, 5.74) is 2.56. The molecular formula is C22H22ClN3O2S. The molecule has 0 saturated heterocycles. The highest BCUT2D eigenvalue weighted by Gasteiger charge is 2.18. The monoisotopic (exact) mass is 427 g/mol. The van der Waals surface area contributed by atoms with Crippen LogP contribution in [-0.2, 0) is 16.1 Å². The van der Waals surface area contributed by atoms with Crippen LogP contribution in [0.2, 0.25) is 5.02 Å². The van der Waals surface area contributed by atoms with Gasteiger partial charge in [-0.05, 0) is 35.2 Å². The second kappa shape index (κ2) is 10.1. The lowest BCUT2D eigenvalue weighted by atomic mass is 10.1. The third-order valence-corrected chi connectivity index (χ3v) is 5.53. The van der Waals surface area contributed by atoms with Gasteiger partial charge in [0.2, 0.25) is 11.8 Å². The molecule has 0 aliphatic rings. The van der Waals surface area contributed by atoms with Gasteiger partial charge in [0.1, 0.15) is 0 Å². The van der Waals surface area contributed by atoms with Crippen LogP contribution in [0.15, 0.2) is 66.0 Å². The predicted octanol–water partition coefficient (Wildman–Crippen LogP) is 5.22. The number of hydrogen-bond donors (Lipinski definition) is 3. The molecule has 0 bridgehead atoms. The first kappa shape index (κ1) is 20.9. The van der Waals surface area contributed by atoms with Gasteiger partial charge in [-0.15, -0.1) is 11.3 Å². The average Bonchev–Trinajstić information content (AvgIpc) is 3.22. The Labute approximate surface area is 179 Å². The highest BCUT2D eigenvalue weighted by Crippen LogP contribution is 2.27. The van der Waals surface area contributed by atoms with Crippen LogP contribution in [-0.4, -0.2) is 11.8 Å². The van der Waals surface area contributed by atoms with E-state index < -0.39 is 0 Å². The molecule has 3 aromatic rings. The molecule has 0 radical (unpaired) electrons. The first-order valence-corrected chi connectivity index (χ1v) is 10.4. The molecule has 0 aliphatic heterocycles. The molecule has 0 fully saturated rings. The minimum atomic E-state index is -0.352. The summed E-state index contributed by atoms with van der Waals surface area (Å²) in [6.07, 6.45) is 0.145. The topological polar surface area (TPSA) is 70.2 Å². The standard InChI is InChI=1S/C22H22ClN3O2S/c1-15(27)25-20(21-8-5-11-29-21)13-22(28)26-17-9-10-19(18(23)12-17)24-14-16-6-3-2-4-7-16/h2-12,20,24H,13-14H2,1H3,(H,25,27)(H,26,28). The van der Waals surface area contributed by atoms with Crippen LogP contribution in [0.5, 0.6) is 0 Å². The lowest BCUT2D eigenvalue weighted by molar-refractivity contribution is -0.120. The maximum Gasteiger partial charge on any atom is 0.226 e. The third-order valence-electron chi connectivity index (χ3n) is 4.23. The Kier molecular flexibility index (Phi) is 7.27. The Morgan fingerprint density at radius 2 is 1.86 bits per heavy atom. The van der Waals surface area contributed by atoms with Gasteiger partial charge in [-0.1, -0.05) is 48.0 Å². The van der Waals surface area contributed by atoms with Crippen molar-refractivity contribution in [1.82, 2.24) is 5.32 Å². The largest absolute Gasteiger partial charge is 0.380 e. The first-order valence-electron chi connectivity index (χ1n) is 9.19. The summed E-state index contributed by atoms with van der Waals surface area (Å²) in [6.45, 7) is 2.10. The van der Waals surface area contributed by atoms with E-state index in [1.807, 2.05) is 53.9 Å². The van der Waals surface area contributed by atoms with Crippen molar-refractivity contribution in [1.29, 1.82) is 0 Å². The molecule has 0 saturated carbocycles. The third kappa shape index (κ3) is 6.34. The lowest BCUT2D eigenvalue weighted by Crippen LogP contribution is -2.29. The molecule has 0 aliphatic carbocycles. The molecule has 5 nitrogen and oxygen atoms in total. The summed E-state index contributed by atoms with van der Waals surface area (Å²) in [7, 11) is 0. The Morgan fingerprint density at radius 1 is 1.07 bits per heavy atom. The summed E-state index contributed by atoms with van der Waals surface area (Å²) in [4.78, 5) is 24.9. The van der Waals surface area contributed by atoms with Crippen LogP contribution in [0.3, 0.4) is 0 Å². The van der Waals surface area contributed by atoms with E-state index in [1.165, 1.54) is 18.3 Å². The van der Waals surface area contributed by atoms with Crippen LogP contribution in [0.4, 0.5) is 11.4 Å². The van der Waals surface area contributed by atoms with E-state index in [2.05, 4.69) is 16.0 Å². The minimum Gasteiger partial charge on any atom is -0.380 e. The Balaban J connectivity index is 1.59. The van der Waals surface area contributed by atoms with Crippen molar-refractivity contribution in [3.63, 3.8) is 0 Å². The number of rotatable bonds is 8. The van der Waals surface area contributed by atoms with E-state index >= 15 is 0 Å². The fraction of sp³-hybridized carbons (Fsp3) is 0.182. The lowest BCUT2D eigenvalue weighted by Gasteiger charge is -2.16. The summed E-state index contributed by atoms with van der Waals surface area (Å²) in [5, 5.41) is 11.4. The number of benzene rings is 2. The summed E-state index contributed by atoms with van der Waals surface area (Å²) in [5.74, 6) is -0.369. The molecule has 1 aromatic heterocycles. The van der Waals surface area contributed by atoms with Crippen molar-refractivity contribution in [2.45, 2.75) is 25.9 Å². The summed E-state index contributed by atoms with van der Waals surface area (Å²) >= 11 is 7.87. The molecular weight excluding hydrogens is 406 g/mol. The minimum absolute atomic E-state index is 0.145. The molecule has 7 heteroatoms. The highest BCUT2D eigenvalue weighted by atomic mass is 35.5. The van der Waals surface area contributed by atoms with Gasteiger partial charge in [0.15, 0.2) is 0 Å². The van der Waals surface area contributed by atoms with E-state index in [1.54, 1.807) is 12.1 Å². The number of carbonyl (C=O) groups excluding carboxylic acids is 2. The van der Waals surface area contributed by atoms with Crippen LogP contribution in [0, 0.1) is 0 Å². The van der Waals surface area contributed by atoms with Crippen molar-refractivity contribution in [2.24, 2.45) is 0 Å². The number of halogens is 1. The Hall–Kier alpha value is -2.83. The molecule has 1 heterocycles. The van der Waals surface area contributed by atoms with Crippen LogP contribution >= 0.6 is 22.9 Å². The normalized spacial score (nSPS) is 11.5. The fourth-order valence-electron chi connectivity index (χ4n) is 2.88. The maximum absolute atomic E-state index is 12.5. The van der Waals surface area contributed by atoms with Crippen LogP contribution in [0.1, 0.15) is 29.8 Å². The Morgan fingerprint density at radius 3 is 2.52 bits per heavy atom. The first-order chi connectivity index (χ1) is 14.0. The van der Waals surface area contributed by atoms with E-state index in [0.29, 0.717) is 17.3 Å². The van der Waals surface area contributed by atoms with Crippen molar-refractivity contribution in [3.8, 4) is 0 Å². The zero-order valence-electron chi connectivity index (χ0n) is 15.9. The smallest absolute Gasteiger partial charge is 0.226 e. The van der Waals surface area contributed by atoms with Gasteiger partial charge < -0.3 is 16.0 Å². The molecule has 3 rings (SSSR count). The number of thiophene rings is 1. The van der Waals surface area contributed by atoms with Gasteiger partial charge in [0.05, 0.1) is 23.2 Å². The zero-order valence-corrected chi connectivity index (χ0v) is 17.5. The second-order valence-electron chi connectivity index (χ2n) is 6.55. The van der Waals surface area contributed by atoms with Gasteiger partial charge in [-0.3, -0.25) is 9.59 Å². The average molecular weight is 428 g/mol. The number of nitrogens with one attached hydrogen (secondary N) is 3. The highest BCUT2D eigenvalue weighted by molar-refractivity contribution is 7.10. The van der Waals surface area contributed by atoms with Crippen molar-refractivity contribution in [2.75, 3.05) is 10.6 Å². The molecule has 1 atom stereocenters. The second-order valence-corrected chi connectivity index (χ2v) is 7.94. The molecule has 1 unspecified atom stereocenters. The molecule has 2 amide bonds. The summed E-state index contributed by atoms with van der Waals surface area (Å²) < 4.78 is 0. The van der Waals surface area contributed by atoms with Crippen LogP contribution in [0.25, 0.3) is 0 Å². The van der Waals surface area contributed by atoms with E-state index in [4.69, 9.17) is 11.6 Å². The number of anilines is 2. The number of hydrogen-bond acceptors (Lipinski definition) is 4. The summed E-state index contributed by atoms with van der Waals surface area (Å²) in [6, 6.07) is 18.8. The van der Waals surface area contributed by atoms with E-state index in [0.717, 1.165) is 16.1 Å². The molecule has 150 valence electrons. The van der Waals surface area contributed by atoms with Crippen LogP contribution < -0.4 is 16.0 Å². The van der Waals surface area contributed by atoms with E-state index in [9.17, 15) is 9.59 Å². The molecule has 29 heavy (non-hydrogen) atoms. The van der Waals surface area contributed by atoms with E-state index in [-0.39, 0.29) is 24.3 Å². The van der Waals surface area contributed by atoms with Gasteiger partial charge in [-0.2, -0.15) is 0 Å². The Bertz CT molecular complexity index is 961. The van der Waals surface area contributed by atoms with Crippen molar-refractivity contribution >= 4 is 46.1 Å². The SMILES string of the molecule is CC(=O)NC(CC(=O)Nc1ccc(NCc2ccccc2)c(Cl)c1)c1cccs1. The molecule has 0 spiro atoms. The van der Waals surface area contributed by atoms with Gasteiger partial charge in [0, 0.05) is 24.0 Å². The predicted molar refractivity (Wildman–Crippen MR) is 119 cm³/mol. The zero-order chi connectivity index (χ0) is 20.6. The van der Waals surface area contributed by atoms with Gasteiger partial charge in [-0.25, -0.2) is 0 Å². The number of carbonyl (C=O) groups is 2. The van der Waals surface area contributed by atoms with Gasteiger partial charge >= 0.3 is 0 Å². The molecule has 2 aromatic carbocycles. The van der Waals surface area contributed by atoms with Crippen molar-refractivity contribution < 1.29 is 9.59 Å². The number of amides is 2. The molecule has 3 N–H and O–H groups in total. The van der Waals surface area contributed by atoms with Crippen molar-refractivity contribution in [3.05, 3.63) is 81.5 Å². The quantitative estimate of drug-likeness (QED) is 0.461. The maximum atomic E-state index is 12.5. The fourth-order valence-corrected chi connectivity index (χ4v) is 3.91.